The highest BCUT2D eigenvalue weighted by atomic mass is 19.1. The summed E-state index contributed by atoms with van der Waals surface area (Å²) in [6, 6.07) is 5.82. The zero-order chi connectivity index (χ0) is 9.26. The molecule has 68 valence electrons. The molecule has 0 bridgehead atoms. The summed E-state index contributed by atoms with van der Waals surface area (Å²) in [4.78, 5) is 13.3. The fourth-order valence-electron chi connectivity index (χ4n) is 1.32. The summed E-state index contributed by atoms with van der Waals surface area (Å²) in [6.45, 7) is 1.60. The van der Waals surface area contributed by atoms with Gasteiger partial charge in [0.2, 0.25) is 0 Å². The third-order valence-electron chi connectivity index (χ3n) is 2.21. The molecule has 1 aromatic carbocycles. The van der Waals surface area contributed by atoms with Crippen molar-refractivity contribution in [1.82, 2.24) is 4.90 Å². The third kappa shape index (κ3) is 1.54. The lowest BCUT2D eigenvalue weighted by atomic mass is 10.1. The van der Waals surface area contributed by atoms with E-state index in [0.717, 1.165) is 19.5 Å². The Morgan fingerprint density at radius 3 is 2.69 bits per heavy atom. The van der Waals surface area contributed by atoms with Crippen molar-refractivity contribution in [2.24, 2.45) is 0 Å². The highest BCUT2D eigenvalue weighted by molar-refractivity contribution is 5.94. The van der Waals surface area contributed by atoms with Gasteiger partial charge in [-0.15, -0.1) is 0 Å². The number of benzene rings is 1. The van der Waals surface area contributed by atoms with Gasteiger partial charge in [-0.3, -0.25) is 4.79 Å². The first-order valence-electron chi connectivity index (χ1n) is 4.32. The minimum atomic E-state index is -0.355. The minimum absolute atomic E-state index is 0.0641. The van der Waals surface area contributed by atoms with Crippen molar-refractivity contribution in [1.29, 1.82) is 0 Å². The van der Waals surface area contributed by atoms with E-state index in [0.29, 0.717) is 5.56 Å². The Labute approximate surface area is 76.0 Å². The second-order valence-electron chi connectivity index (χ2n) is 3.16. The molecule has 1 saturated heterocycles. The lowest BCUT2D eigenvalue weighted by Gasteiger charge is -2.30. The molecule has 0 aliphatic carbocycles. The fraction of sp³-hybridized carbons (Fsp3) is 0.300. The average molecular weight is 179 g/mol. The van der Waals surface area contributed by atoms with Gasteiger partial charge in [0.25, 0.3) is 5.91 Å². The number of likely N-dealkylation sites (tertiary alicyclic amines) is 1. The number of hydrogen-bond donors (Lipinski definition) is 0. The Hall–Kier alpha value is -1.38. The maximum absolute atomic E-state index is 12.7. The molecule has 0 N–H and O–H groups in total. The number of hydrogen-bond acceptors (Lipinski definition) is 1. The largest absolute Gasteiger partial charge is 0.339 e. The molecule has 1 aromatic rings. The van der Waals surface area contributed by atoms with E-state index in [-0.39, 0.29) is 11.7 Å². The van der Waals surface area contributed by atoms with E-state index in [4.69, 9.17) is 0 Å². The zero-order valence-electron chi connectivity index (χ0n) is 7.16. The molecule has 0 atom stereocenters. The van der Waals surface area contributed by atoms with E-state index < -0.39 is 0 Å². The van der Waals surface area contributed by atoms with Crippen LogP contribution in [0.1, 0.15) is 16.8 Å². The van der Waals surface area contributed by atoms with E-state index in [1.54, 1.807) is 17.0 Å². The molecule has 1 heterocycles. The van der Waals surface area contributed by atoms with Gasteiger partial charge in [-0.1, -0.05) is 6.07 Å². The van der Waals surface area contributed by atoms with Gasteiger partial charge in [0.15, 0.2) is 0 Å². The molecule has 1 aliphatic rings. The van der Waals surface area contributed by atoms with Gasteiger partial charge in [-0.05, 0) is 24.6 Å². The molecule has 0 spiro atoms. The molecule has 0 radical (unpaired) electrons. The number of nitrogens with zero attached hydrogens (tertiary/aromatic N) is 1. The summed E-state index contributed by atoms with van der Waals surface area (Å²) in [5.41, 5.74) is 0.444. The van der Waals surface area contributed by atoms with Crippen LogP contribution in [0.3, 0.4) is 0 Å². The Morgan fingerprint density at radius 2 is 2.15 bits per heavy atom. The molecule has 2 nitrogen and oxygen atoms in total. The fourth-order valence-corrected chi connectivity index (χ4v) is 1.32. The van der Waals surface area contributed by atoms with Crippen molar-refractivity contribution < 1.29 is 9.18 Å². The molecule has 0 unspecified atom stereocenters. The van der Waals surface area contributed by atoms with Crippen LogP contribution in [0, 0.1) is 5.82 Å². The molecule has 0 saturated carbocycles. The average Bonchev–Trinajstić information content (AvgIpc) is 2.01. The molecule has 1 aliphatic heterocycles. The summed E-state index contributed by atoms with van der Waals surface area (Å²) in [5, 5.41) is 0. The first-order chi connectivity index (χ1) is 6.27. The summed E-state index contributed by atoms with van der Waals surface area (Å²) < 4.78 is 12.7. The number of amides is 1. The first-order valence-corrected chi connectivity index (χ1v) is 4.32. The SMILES string of the molecule is O=C(c1cccc(F)c1)N1CCC1. The van der Waals surface area contributed by atoms with E-state index in [9.17, 15) is 9.18 Å². The van der Waals surface area contributed by atoms with Crippen LogP contribution in [0.15, 0.2) is 24.3 Å². The number of halogens is 1. The van der Waals surface area contributed by atoms with E-state index >= 15 is 0 Å². The Morgan fingerprint density at radius 1 is 1.38 bits per heavy atom. The predicted octanol–water partition coefficient (Wildman–Crippen LogP) is 1.67. The van der Waals surface area contributed by atoms with Crippen LogP contribution in [-0.2, 0) is 0 Å². The lowest BCUT2D eigenvalue weighted by Crippen LogP contribution is -2.42. The summed E-state index contributed by atoms with van der Waals surface area (Å²) in [6.07, 6.45) is 1.06. The van der Waals surface area contributed by atoms with E-state index in [1.807, 2.05) is 0 Å². The van der Waals surface area contributed by atoms with Crippen molar-refractivity contribution in [2.45, 2.75) is 6.42 Å². The number of rotatable bonds is 1. The van der Waals surface area contributed by atoms with Crippen LogP contribution in [0.25, 0.3) is 0 Å². The summed E-state index contributed by atoms with van der Waals surface area (Å²) in [7, 11) is 0. The van der Waals surface area contributed by atoms with Gasteiger partial charge in [0.1, 0.15) is 5.82 Å². The van der Waals surface area contributed by atoms with Gasteiger partial charge in [-0.2, -0.15) is 0 Å². The highest BCUT2D eigenvalue weighted by Crippen LogP contribution is 2.12. The van der Waals surface area contributed by atoms with Crippen LogP contribution in [-0.4, -0.2) is 23.9 Å². The maximum atomic E-state index is 12.7. The summed E-state index contributed by atoms with van der Waals surface area (Å²) in [5.74, 6) is -0.419. The number of carbonyl (C=O) groups is 1. The van der Waals surface area contributed by atoms with Crippen molar-refractivity contribution >= 4 is 5.91 Å². The molecule has 2 rings (SSSR count). The summed E-state index contributed by atoms with van der Waals surface area (Å²) >= 11 is 0. The van der Waals surface area contributed by atoms with Crippen molar-refractivity contribution in [3.8, 4) is 0 Å². The van der Waals surface area contributed by atoms with Crippen molar-refractivity contribution in [2.75, 3.05) is 13.1 Å². The van der Waals surface area contributed by atoms with Gasteiger partial charge in [0, 0.05) is 18.7 Å². The molecule has 13 heavy (non-hydrogen) atoms. The molecular weight excluding hydrogens is 169 g/mol. The van der Waals surface area contributed by atoms with Crippen molar-refractivity contribution in [3.05, 3.63) is 35.6 Å². The quantitative estimate of drug-likeness (QED) is 0.642. The van der Waals surface area contributed by atoms with Gasteiger partial charge in [0.05, 0.1) is 0 Å². The van der Waals surface area contributed by atoms with E-state index in [1.165, 1.54) is 12.1 Å². The minimum Gasteiger partial charge on any atom is -0.339 e. The molecule has 1 amide bonds. The van der Waals surface area contributed by atoms with Crippen molar-refractivity contribution in [3.63, 3.8) is 0 Å². The Kier molecular flexibility index (Phi) is 2.00. The predicted molar refractivity (Wildman–Crippen MR) is 46.9 cm³/mol. The number of carbonyl (C=O) groups excluding carboxylic acids is 1. The van der Waals surface area contributed by atoms with Crippen LogP contribution in [0.4, 0.5) is 4.39 Å². The third-order valence-corrected chi connectivity index (χ3v) is 2.21. The standard InChI is InChI=1S/C10H10FNO/c11-9-4-1-3-8(7-9)10(13)12-5-2-6-12/h1,3-4,7H,2,5-6H2. The normalized spacial score (nSPS) is 15.3. The van der Waals surface area contributed by atoms with Crippen LogP contribution >= 0.6 is 0 Å². The second kappa shape index (κ2) is 3.17. The molecule has 1 fully saturated rings. The van der Waals surface area contributed by atoms with E-state index in [2.05, 4.69) is 0 Å². The highest BCUT2D eigenvalue weighted by Gasteiger charge is 2.21. The Bertz CT molecular complexity index is 333. The van der Waals surface area contributed by atoms with Gasteiger partial charge >= 0.3 is 0 Å². The van der Waals surface area contributed by atoms with Crippen LogP contribution in [0.5, 0.6) is 0 Å². The second-order valence-corrected chi connectivity index (χ2v) is 3.16. The van der Waals surface area contributed by atoms with Gasteiger partial charge < -0.3 is 4.90 Å². The molecule has 3 heteroatoms. The zero-order valence-corrected chi connectivity index (χ0v) is 7.16. The maximum Gasteiger partial charge on any atom is 0.253 e. The lowest BCUT2D eigenvalue weighted by molar-refractivity contribution is 0.0651. The Balaban J connectivity index is 2.19. The molecule has 0 aromatic heterocycles. The molecular formula is C10H10FNO. The monoisotopic (exact) mass is 179 g/mol. The van der Waals surface area contributed by atoms with Crippen LogP contribution < -0.4 is 0 Å². The van der Waals surface area contributed by atoms with Gasteiger partial charge in [-0.25, -0.2) is 4.39 Å². The topological polar surface area (TPSA) is 20.3 Å². The smallest absolute Gasteiger partial charge is 0.253 e. The van der Waals surface area contributed by atoms with Crippen LogP contribution in [0.2, 0.25) is 0 Å². The first kappa shape index (κ1) is 8.23.